The number of nitrogens with zero attached hydrogens (tertiary/aromatic N) is 1. The molecule has 2 atom stereocenters. The molecular formula is C17H23NO5. The SMILES string of the molecule is CCC(C)C(CO)n1c(O)cc(Cc2ccc(O)cc2O)c1O. The second kappa shape index (κ2) is 6.83. The van der Waals surface area contributed by atoms with E-state index in [9.17, 15) is 25.5 Å². The maximum atomic E-state index is 10.4. The number of aliphatic hydroxyl groups is 1. The average Bonchev–Trinajstić information content (AvgIpc) is 2.78. The molecule has 1 aromatic heterocycles. The van der Waals surface area contributed by atoms with E-state index in [4.69, 9.17) is 0 Å². The average molecular weight is 321 g/mol. The number of hydrogen-bond donors (Lipinski definition) is 5. The van der Waals surface area contributed by atoms with Crippen LogP contribution in [0.2, 0.25) is 0 Å². The van der Waals surface area contributed by atoms with Crippen molar-refractivity contribution < 1.29 is 25.5 Å². The monoisotopic (exact) mass is 321 g/mol. The molecule has 23 heavy (non-hydrogen) atoms. The third-order valence-electron chi connectivity index (χ3n) is 4.33. The number of aromatic hydroxyl groups is 4. The molecule has 2 aromatic rings. The summed E-state index contributed by atoms with van der Waals surface area (Å²) in [6.45, 7) is 3.71. The molecular weight excluding hydrogens is 298 g/mol. The van der Waals surface area contributed by atoms with Crippen molar-refractivity contribution in [2.75, 3.05) is 6.61 Å². The Morgan fingerprint density at radius 1 is 1.04 bits per heavy atom. The van der Waals surface area contributed by atoms with Crippen LogP contribution in [0.15, 0.2) is 24.3 Å². The Labute approximate surface area is 134 Å². The van der Waals surface area contributed by atoms with E-state index >= 15 is 0 Å². The first-order chi connectivity index (χ1) is 10.9. The Kier molecular flexibility index (Phi) is 5.05. The van der Waals surface area contributed by atoms with Crippen LogP contribution in [0.25, 0.3) is 0 Å². The molecule has 2 unspecified atom stereocenters. The summed E-state index contributed by atoms with van der Waals surface area (Å²) in [4.78, 5) is 0. The highest BCUT2D eigenvalue weighted by Gasteiger charge is 2.25. The fourth-order valence-corrected chi connectivity index (χ4v) is 2.71. The molecule has 126 valence electrons. The van der Waals surface area contributed by atoms with Gasteiger partial charge in [-0.25, -0.2) is 0 Å². The van der Waals surface area contributed by atoms with Crippen LogP contribution in [0.3, 0.4) is 0 Å². The Morgan fingerprint density at radius 3 is 2.30 bits per heavy atom. The standard InChI is InChI=1S/C17H23NO5/c1-3-10(2)14(9-19)18-16(22)7-12(17(18)23)6-11-4-5-13(20)8-15(11)21/h4-5,7-8,10,14,19-23H,3,6,9H2,1-2H3. The fourth-order valence-electron chi connectivity index (χ4n) is 2.71. The summed E-state index contributed by atoms with van der Waals surface area (Å²) in [5, 5.41) is 49.3. The smallest absolute Gasteiger partial charge is 0.197 e. The van der Waals surface area contributed by atoms with Gasteiger partial charge in [-0.05, 0) is 17.5 Å². The molecule has 0 aliphatic rings. The van der Waals surface area contributed by atoms with E-state index in [0.717, 1.165) is 6.42 Å². The summed E-state index contributed by atoms with van der Waals surface area (Å²) >= 11 is 0. The minimum absolute atomic E-state index is 0.0481. The normalized spacial score (nSPS) is 13.9. The Balaban J connectivity index is 2.37. The second-order valence-electron chi connectivity index (χ2n) is 5.85. The summed E-state index contributed by atoms with van der Waals surface area (Å²) in [6.07, 6.45) is 0.980. The second-order valence-corrected chi connectivity index (χ2v) is 5.85. The maximum absolute atomic E-state index is 10.4. The highest BCUT2D eigenvalue weighted by molar-refractivity contribution is 5.45. The van der Waals surface area contributed by atoms with Crippen LogP contribution in [0.4, 0.5) is 0 Å². The van der Waals surface area contributed by atoms with E-state index in [1.807, 2.05) is 13.8 Å². The van der Waals surface area contributed by atoms with E-state index in [2.05, 4.69) is 0 Å². The van der Waals surface area contributed by atoms with Crippen molar-refractivity contribution in [3.8, 4) is 23.3 Å². The molecule has 1 aromatic carbocycles. The van der Waals surface area contributed by atoms with Gasteiger partial charge < -0.3 is 25.5 Å². The molecule has 0 aliphatic carbocycles. The first kappa shape index (κ1) is 17.0. The van der Waals surface area contributed by atoms with Gasteiger partial charge >= 0.3 is 0 Å². The van der Waals surface area contributed by atoms with Gasteiger partial charge in [0.25, 0.3) is 0 Å². The van der Waals surface area contributed by atoms with Crippen molar-refractivity contribution in [3.05, 3.63) is 35.4 Å². The molecule has 0 spiro atoms. The van der Waals surface area contributed by atoms with Crippen molar-refractivity contribution in [1.82, 2.24) is 4.57 Å². The van der Waals surface area contributed by atoms with Gasteiger partial charge in [0.2, 0.25) is 0 Å². The van der Waals surface area contributed by atoms with Crippen molar-refractivity contribution in [2.24, 2.45) is 5.92 Å². The molecule has 0 amide bonds. The topological polar surface area (TPSA) is 106 Å². The lowest BCUT2D eigenvalue weighted by molar-refractivity contribution is 0.164. The molecule has 6 heteroatoms. The van der Waals surface area contributed by atoms with Gasteiger partial charge in [0, 0.05) is 24.1 Å². The van der Waals surface area contributed by atoms with Gasteiger partial charge in [0.15, 0.2) is 11.8 Å². The molecule has 1 heterocycles. The molecule has 0 saturated heterocycles. The largest absolute Gasteiger partial charge is 0.508 e. The Bertz CT molecular complexity index is 680. The molecule has 0 radical (unpaired) electrons. The lowest BCUT2D eigenvalue weighted by Crippen LogP contribution is -2.20. The number of phenols is 2. The summed E-state index contributed by atoms with van der Waals surface area (Å²) in [6, 6.07) is 5.21. The van der Waals surface area contributed by atoms with Crippen LogP contribution in [-0.4, -0.2) is 36.7 Å². The number of benzene rings is 1. The van der Waals surface area contributed by atoms with Gasteiger partial charge in [-0.3, -0.25) is 4.57 Å². The van der Waals surface area contributed by atoms with Gasteiger partial charge in [-0.2, -0.15) is 0 Å². The molecule has 6 nitrogen and oxygen atoms in total. The van der Waals surface area contributed by atoms with Gasteiger partial charge in [0.05, 0.1) is 12.6 Å². The number of phenolic OH excluding ortho intramolecular Hbond substituents is 2. The zero-order valence-corrected chi connectivity index (χ0v) is 13.3. The molecule has 0 aliphatic heterocycles. The first-order valence-corrected chi connectivity index (χ1v) is 7.62. The van der Waals surface area contributed by atoms with Crippen LogP contribution >= 0.6 is 0 Å². The highest BCUT2D eigenvalue weighted by Crippen LogP contribution is 2.37. The van der Waals surface area contributed by atoms with Crippen molar-refractivity contribution in [3.63, 3.8) is 0 Å². The van der Waals surface area contributed by atoms with Crippen molar-refractivity contribution in [2.45, 2.75) is 32.7 Å². The fraction of sp³-hybridized carbons (Fsp3) is 0.412. The van der Waals surface area contributed by atoms with Crippen molar-refractivity contribution >= 4 is 0 Å². The Hall–Kier alpha value is -2.34. The predicted octanol–water partition coefficient (Wildman–Crippen LogP) is 2.48. The molecule has 5 N–H and O–H groups in total. The van der Waals surface area contributed by atoms with E-state index in [-0.39, 0.29) is 42.2 Å². The summed E-state index contributed by atoms with van der Waals surface area (Å²) in [7, 11) is 0. The lowest BCUT2D eigenvalue weighted by atomic mass is 9.99. The van der Waals surface area contributed by atoms with Crippen LogP contribution < -0.4 is 0 Å². The van der Waals surface area contributed by atoms with E-state index in [1.165, 1.54) is 22.8 Å². The molecule has 0 fully saturated rings. The third kappa shape index (κ3) is 3.37. The minimum Gasteiger partial charge on any atom is -0.508 e. The van der Waals surface area contributed by atoms with Gasteiger partial charge in [0.1, 0.15) is 11.5 Å². The van der Waals surface area contributed by atoms with Crippen LogP contribution in [0.5, 0.6) is 23.3 Å². The summed E-state index contributed by atoms with van der Waals surface area (Å²) < 4.78 is 1.32. The number of aliphatic hydroxyl groups excluding tert-OH is 1. The van der Waals surface area contributed by atoms with Crippen LogP contribution in [0.1, 0.15) is 37.4 Å². The molecule has 0 bridgehead atoms. The van der Waals surface area contributed by atoms with Gasteiger partial charge in [-0.15, -0.1) is 0 Å². The molecule has 0 saturated carbocycles. The minimum atomic E-state index is -0.429. The van der Waals surface area contributed by atoms with Gasteiger partial charge in [-0.1, -0.05) is 26.3 Å². The van der Waals surface area contributed by atoms with E-state index in [1.54, 1.807) is 6.07 Å². The maximum Gasteiger partial charge on any atom is 0.197 e. The van der Waals surface area contributed by atoms with Crippen LogP contribution in [0, 0.1) is 5.92 Å². The van der Waals surface area contributed by atoms with Crippen LogP contribution in [-0.2, 0) is 6.42 Å². The quantitative estimate of drug-likeness (QED) is 0.562. The first-order valence-electron chi connectivity index (χ1n) is 7.62. The zero-order chi connectivity index (χ0) is 17.1. The predicted molar refractivity (Wildman–Crippen MR) is 85.9 cm³/mol. The number of aromatic nitrogens is 1. The third-order valence-corrected chi connectivity index (χ3v) is 4.33. The van der Waals surface area contributed by atoms with E-state index in [0.29, 0.717) is 11.1 Å². The van der Waals surface area contributed by atoms with E-state index < -0.39 is 6.04 Å². The molecule has 2 rings (SSSR count). The highest BCUT2D eigenvalue weighted by atomic mass is 16.3. The number of rotatable bonds is 6. The zero-order valence-electron chi connectivity index (χ0n) is 13.3. The Morgan fingerprint density at radius 2 is 1.74 bits per heavy atom. The summed E-state index contributed by atoms with van der Waals surface area (Å²) in [5.41, 5.74) is 0.949. The summed E-state index contributed by atoms with van der Waals surface area (Å²) in [5.74, 6) is -0.325. The van der Waals surface area contributed by atoms with Crippen molar-refractivity contribution in [1.29, 1.82) is 0 Å². The lowest BCUT2D eigenvalue weighted by Gasteiger charge is -2.24. The number of hydrogen-bond acceptors (Lipinski definition) is 5.